The molecule has 0 radical (unpaired) electrons. The van der Waals surface area contributed by atoms with E-state index in [1.54, 1.807) is 6.08 Å². The van der Waals surface area contributed by atoms with E-state index < -0.39 is 6.10 Å². The highest BCUT2D eigenvalue weighted by molar-refractivity contribution is 6.06. The van der Waals surface area contributed by atoms with E-state index in [1.807, 2.05) is 19.9 Å². The summed E-state index contributed by atoms with van der Waals surface area (Å²) in [7, 11) is 0. The predicted molar refractivity (Wildman–Crippen MR) is 115 cm³/mol. The highest BCUT2D eigenvalue weighted by Crippen LogP contribution is 2.65. The molecular weight excluding hydrogens is 376 g/mol. The van der Waals surface area contributed by atoms with E-state index in [9.17, 15) is 19.8 Å². The molecule has 0 aromatic heterocycles. The Hall–Kier alpha value is -2.20. The number of aliphatic hydroxyl groups is 2. The van der Waals surface area contributed by atoms with Crippen molar-refractivity contribution < 1.29 is 19.8 Å². The molecule has 0 aromatic carbocycles. The van der Waals surface area contributed by atoms with Gasteiger partial charge in [-0.2, -0.15) is 0 Å². The number of rotatable bonds is 0. The van der Waals surface area contributed by atoms with Crippen molar-refractivity contribution in [3.05, 3.63) is 57.9 Å². The van der Waals surface area contributed by atoms with Gasteiger partial charge in [0.25, 0.3) is 0 Å². The van der Waals surface area contributed by atoms with Gasteiger partial charge in [0, 0.05) is 16.9 Å². The number of Topliss-reactive ketones (excluding diaryl/α,β-unsaturated/α-hetero) is 1. The number of hydrogen-bond acceptors (Lipinski definition) is 4. The van der Waals surface area contributed by atoms with Gasteiger partial charge < -0.3 is 10.2 Å². The fourth-order valence-corrected chi connectivity index (χ4v) is 6.92. The number of hydrogen-bond donors (Lipinski definition) is 2. The van der Waals surface area contributed by atoms with Crippen LogP contribution in [-0.4, -0.2) is 27.9 Å². The van der Waals surface area contributed by atoms with Gasteiger partial charge in [0.1, 0.15) is 6.10 Å². The smallest absolute Gasteiger partial charge is 0.220 e. The summed E-state index contributed by atoms with van der Waals surface area (Å²) in [5, 5.41) is 20.5. The van der Waals surface area contributed by atoms with Crippen LogP contribution in [0.2, 0.25) is 0 Å². The van der Waals surface area contributed by atoms with Crippen molar-refractivity contribution in [3.63, 3.8) is 0 Å². The number of fused-ring (bicyclic) bond motifs is 7. The van der Waals surface area contributed by atoms with Gasteiger partial charge in [0.2, 0.25) is 5.78 Å². The summed E-state index contributed by atoms with van der Waals surface area (Å²) in [5.74, 6) is -0.313. The summed E-state index contributed by atoms with van der Waals surface area (Å²) in [6, 6.07) is 0. The number of carbonyl (C=O) groups is 2. The van der Waals surface area contributed by atoms with E-state index in [-0.39, 0.29) is 45.9 Å². The molecule has 4 heteroatoms. The number of allylic oxidation sites excluding steroid dienone is 9. The predicted octanol–water partition coefficient (Wildman–Crippen LogP) is 4.53. The summed E-state index contributed by atoms with van der Waals surface area (Å²) in [6.45, 7) is 8.31. The maximum atomic E-state index is 12.8. The Morgan fingerprint density at radius 3 is 2.53 bits per heavy atom. The fraction of sp³-hybridized carbons (Fsp3) is 0.538. The van der Waals surface area contributed by atoms with Crippen LogP contribution in [0.4, 0.5) is 0 Å². The third kappa shape index (κ3) is 2.31. The minimum Gasteiger partial charge on any atom is -0.504 e. The van der Waals surface area contributed by atoms with Crippen LogP contribution < -0.4 is 0 Å². The second-order valence-corrected chi connectivity index (χ2v) is 10.4. The van der Waals surface area contributed by atoms with Crippen LogP contribution in [0.3, 0.4) is 0 Å². The third-order valence-corrected chi connectivity index (χ3v) is 8.92. The van der Waals surface area contributed by atoms with E-state index in [0.29, 0.717) is 12.0 Å². The molecule has 0 bridgehead atoms. The molecule has 0 unspecified atom stereocenters. The maximum Gasteiger partial charge on any atom is 0.220 e. The minimum absolute atomic E-state index is 0.00972. The molecule has 2 saturated carbocycles. The molecule has 0 saturated heterocycles. The van der Waals surface area contributed by atoms with E-state index in [1.165, 1.54) is 11.1 Å². The van der Waals surface area contributed by atoms with Gasteiger partial charge in [-0.3, -0.25) is 9.59 Å². The van der Waals surface area contributed by atoms with Gasteiger partial charge in [-0.05, 0) is 78.2 Å². The molecule has 158 valence electrons. The van der Waals surface area contributed by atoms with Crippen LogP contribution in [0.15, 0.2) is 57.9 Å². The Labute approximate surface area is 177 Å². The van der Waals surface area contributed by atoms with Crippen molar-refractivity contribution in [3.8, 4) is 0 Å². The summed E-state index contributed by atoms with van der Waals surface area (Å²) in [5.41, 5.74) is 4.81. The van der Waals surface area contributed by atoms with Crippen molar-refractivity contribution in [2.24, 2.45) is 28.6 Å². The van der Waals surface area contributed by atoms with Gasteiger partial charge in [-0.15, -0.1) is 0 Å². The van der Waals surface area contributed by atoms with E-state index in [4.69, 9.17) is 0 Å². The molecule has 5 rings (SSSR count). The quantitative estimate of drug-likeness (QED) is 0.620. The Morgan fingerprint density at radius 2 is 1.80 bits per heavy atom. The number of carbonyl (C=O) groups excluding carboxylic acids is 2. The molecule has 30 heavy (non-hydrogen) atoms. The highest BCUT2D eigenvalue weighted by Gasteiger charge is 2.57. The topological polar surface area (TPSA) is 74.6 Å². The molecule has 6 atom stereocenters. The maximum absolute atomic E-state index is 12.8. The Bertz CT molecular complexity index is 1040. The lowest BCUT2D eigenvalue weighted by Crippen LogP contribution is -2.53. The van der Waals surface area contributed by atoms with E-state index in [0.717, 1.165) is 30.4 Å². The molecule has 0 aromatic rings. The Balaban J connectivity index is 1.63. The lowest BCUT2D eigenvalue weighted by Gasteiger charge is -2.57. The van der Waals surface area contributed by atoms with Crippen LogP contribution in [-0.2, 0) is 9.59 Å². The first-order valence-corrected chi connectivity index (χ1v) is 11.1. The van der Waals surface area contributed by atoms with Crippen LogP contribution in [0.25, 0.3) is 0 Å². The molecule has 2 fully saturated rings. The summed E-state index contributed by atoms with van der Waals surface area (Å²) >= 11 is 0. The normalized spacial score (nSPS) is 42.8. The fourth-order valence-electron chi connectivity index (χ4n) is 6.92. The van der Waals surface area contributed by atoms with Crippen molar-refractivity contribution >= 4 is 11.6 Å². The van der Waals surface area contributed by atoms with Crippen molar-refractivity contribution in [2.45, 2.75) is 59.5 Å². The van der Waals surface area contributed by atoms with E-state index >= 15 is 0 Å². The van der Waals surface area contributed by atoms with Gasteiger partial charge in [0.05, 0.1) is 0 Å². The van der Waals surface area contributed by atoms with Crippen molar-refractivity contribution in [1.29, 1.82) is 0 Å². The van der Waals surface area contributed by atoms with Crippen LogP contribution in [0.1, 0.15) is 53.4 Å². The average Bonchev–Trinajstić information content (AvgIpc) is 2.71. The molecule has 0 spiro atoms. The first-order valence-electron chi connectivity index (χ1n) is 11.1. The number of aliphatic hydroxyl groups excluding tert-OH is 2. The monoisotopic (exact) mass is 406 g/mol. The summed E-state index contributed by atoms with van der Waals surface area (Å²) in [6.07, 6.45) is 10.6. The molecule has 4 nitrogen and oxygen atoms in total. The molecule has 0 heterocycles. The third-order valence-electron chi connectivity index (χ3n) is 8.92. The summed E-state index contributed by atoms with van der Waals surface area (Å²) < 4.78 is 0. The molecular formula is C26H30O4. The van der Waals surface area contributed by atoms with Gasteiger partial charge in [-0.1, -0.05) is 39.0 Å². The van der Waals surface area contributed by atoms with Crippen LogP contribution >= 0.6 is 0 Å². The van der Waals surface area contributed by atoms with Crippen LogP contribution in [0, 0.1) is 28.6 Å². The largest absolute Gasteiger partial charge is 0.504 e. The lowest BCUT2D eigenvalue weighted by molar-refractivity contribution is -0.144. The highest BCUT2D eigenvalue weighted by atomic mass is 16.3. The number of ketones is 2. The van der Waals surface area contributed by atoms with Crippen molar-refractivity contribution in [1.82, 2.24) is 0 Å². The molecule has 2 N–H and O–H groups in total. The molecule has 5 aliphatic carbocycles. The standard InChI is InChI=1S/C26H30O4/c1-13-11-19-16(24(30)22(13)28)6-8-18-17-7-5-15-14(2)23(29)21(27)12-20(15)26(17,4)10-9-25(18,19)3/h5,7-8,12-13,16,19,22,28-29H,6,9-11H2,1-4H3/t13-,16-,19-,22-,25-,26-/m1/s1. The average molecular weight is 407 g/mol. The van der Waals surface area contributed by atoms with Crippen molar-refractivity contribution in [2.75, 3.05) is 0 Å². The van der Waals surface area contributed by atoms with E-state index in [2.05, 4.69) is 26.0 Å². The zero-order chi connectivity index (χ0) is 21.6. The zero-order valence-electron chi connectivity index (χ0n) is 18.2. The molecule has 5 aliphatic rings. The van der Waals surface area contributed by atoms with Crippen LogP contribution in [0.5, 0.6) is 0 Å². The minimum atomic E-state index is -0.834. The lowest BCUT2D eigenvalue weighted by atomic mass is 9.46. The van der Waals surface area contributed by atoms with Gasteiger partial charge in [0.15, 0.2) is 11.5 Å². The van der Waals surface area contributed by atoms with Gasteiger partial charge in [-0.25, -0.2) is 0 Å². The second-order valence-electron chi connectivity index (χ2n) is 10.4. The summed E-state index contributed by atoms with van der Waals surface area (Å²) in [4.78, 5) is 25.3. The second kappa shape index (κ2) is 6.16. The first-order chi connectivity index (χ1) is 14.1. The molecule has 0 aliphatic heterocycles. The zero-order valence-corrected chi connectivity index (χ0v) is 18.2. The Morgan fingerprint density at radius 1 is 1.07 bits per heavy atom. The first kappa shape index (κ1) is 19.7. The molecule has 0 amide bonds. The van der Waals surface area contributed by atoms with Gasteiger partial charge >= 0.3 is 0 Å². The Kier molecular flexibility index (Phi) is 4.06. The SMILES string of the molecule is CC1=C(O)C(=O)C=C2C1=CC=C1C3=CC[C@H]4C(=O)[C@H](O)[C@H](C)C[C@H]4[C@]3(C)CC[C@@]21C.